The van der Waals surface area contributed by atoms with Crippen molar-refractivity contribution >= 4 is 17.5 Å². The largest absolute Gasteiger partial charge is 0.447 e. The fourth-order valence-electron chi connectivity index (χ4n) is 3.57. The zero-order chi connectivity index (χ0) is 25.5. The van der Waals surface area contributed by atoms with E-state index in [0.29, 0.717) is 23.7 Å². The van der Waals surface area contributed by atoms with Gasteiger partial charge in [-0.3, -0.25) is 14.7 Å². The molecular weight excluding hydrogens is 493 g/mol. The maximum atomic E-state index is 13.2. The highest BCUT2D eigenvalue weighted by Gasteiger charge is 2.30. The summed E-state index contributed by atoms with van der Waals surface area (Å²) < 4.78 is 45.1. The number of benzene rings is 2. The van der Waals surface area contributed by atoms with Gasteiger partial charge in [-0.05, 0) is 47.0 Å². The smallest absolute Gasteiger partial charge is 0.416 e. The summed E-state index contributed by atoms with van der Waals surface area (Å²) in [5.74, 6) is -0.131. The van der Waals surface area contributed by atoms with Crippen molar-refractivity contribution in [1.29, 1.82) is 0 Å². The van der Waals surface area contributed by atoms with Gasteiger partial charge in [0.1, 0.15) is 6.26 Å². The Morgan fingerprint density at radius 2 is 1.67 bits per heavy atom. The van der Waals surface area contributed by atoms with E-state index < -0.39 is 17.6 Å². The van der Waals surface area contributed by atoms with Crippen molar-refractivity contribution in [3.8, 4) is 0 Å². The molecule has 0 aliphatic carbocycles. The molecule has 4 rings (SSSR count). The van der Waals surface area contributed by atoms with Crippen LogP contribution in [0.2, 0.25) is 5.02 Å². The van der Waals surface area contributed by atoms with Crippen LogP contribution < -0.4 is 5.32 Å². The second-order valence-corrected chi connectivity index (χ2v) is 8.57. The first-order valence-corrected chi connectivity index (χ1v) is 11.4. The normalized spacial score (nSPS) is 11.6. The first kappa shape index (κ1) is 25.4. The molecule has 0 aliphatic heterocycles. The fourth-order valence-corrected chi connectivity index (χ4v) is 3.70. The minimum Gasteiger partial charge on any atom is -0.447 e. The van der Waals surface area contributed by atoms with E-state index in [2.05, 4.69) is 15.3 Å². The molecule has 10 heteroatoms. The predicted molar refractivity (Wildman–Crippen MR) is 128 cm³/mol. The Kier molecular flexibility index (Phi) is 8.02. The number of amides is 1. The number of pyridine rings is 1. The van der Waals surface area contributed by atoms with Crippen LogP contribution >= 0.6 is 11.6 Å². The third-order valence-corrected chi connectivity index (χ3v) is 5.58. The molecule has 36 heavy (non-hydrogen) atoms. The molecule has 0 unspecified atom stereocenters. The topological polar surface area (TPSA) is 71.3 Å². The molecule has 186 valence electrons. The number of halogens is 4. The average Bonchev–Trinajstić information content (AvgIpc) is 3.33. The number of hydrogen-bond donors (Lipinski definition) is 1. The van der Waals surface area contributed by atoms with Gasteiger partial charge in [-0.25, -0.2) is 4.98 Å². The van der Waals surface area contributed by atoms with E-state index in [-0.39, 0.29) is 24.7 Å². The lowest BCUT2D eigenvalue weighted by Gasteiger charge is -2.21. The van der Waals surface area contributed by atoms with E-state index in [1.54, 1.807) is 42.7 Å². The Morgan fingerprint density at radius 1 is 0.944 bits per heavy atom. The molecule has 0 fully saturated rings. The fraction of sp³-hybridized carbons (Fsp3) is 0.192. The van der Waals surface area contributed by atoms with Crippen molar-refractivity contribution in [2.75, 3.05) is 0 Å². The Morgan fingerprint density at radius 3 is 2.39 bits per heavy atom. The number of carbonyl (C=O) groups excluding carboxylic acids is 1. The SMILES string of the molecule is O=C(NCc1ccncc1)c1coc(CN(Cc2ccc(Cl)cc2)Cc2cccc(C(F)(F)F)c2)n1. The van der Waals surface area contributed by atoms with E-state index in [1.807, 2.05) is 17.0 Å². The molecule has 0 saturated heterocycles. The Balaban J connectivity index is 1.47. The minimum absolute atomic E-state index is 0.115. The second kappa shape index (κ2) is 11.4. The van der Waals surface area contributed by atoms with Crippen molar-refractivity contribution in [2.45, 2.75) is 32.4 Å². The summed E-state index contributed by atoms with van der Waals surface area (Å²) in [6, 6.07) is 15.9. The predicted octanol–water partition coefficient (Wildman–Crippen LogP) is 5.87. The number of oxazole rings is 1. The number of rotatable bonds is 9. The number of alkyl halides is 3. The summed E-state index contributed by atoms with van der Waals surface area (Å²) in [5, 5.41) is 3.35. The van der Waals surface area contributed by atoms with Gasteiger partial charge in [-0.15, -0.1) is 0 Å². The molecular formula is C26H22ClF3N4O2. The van der Waals surface area contributed by atoms with E-state index in [1.165, 1.54) is 12.3 Å². The van der Waals surface area contributed by atoms with Gasteiger partial charge in [-0.1, -0.05) is 41.9 Å². The zero-order valence-corrected chi connectivity index (χ0v) is 19.8. The average molecular weight is 515 g/mol. The van der Waals surface area contributed by atoms with Gasteiger partial charge in [0.25, 0.3) is 5.91 Å². The number of aromatic nitrogens is 2. The van der Waals surface area contributed by atoms with Gasteiger partial charge in [0.05, 0.1) is 12.1 Å². The summed E-state index contributed by atoms with van der Waals surface area (Å²) in [6.45, 7) is 1.09. The van der Waals surface area contributed by atoms with Crippen LogP contribution in [-0.4, -0.2) is 20.8 Å². The highest BCUT2D eigenvalue weighted by atomic mass is 35.5. The second-order valence-electron chi connectivity index (χ2n) is 8.13. The monoisotopic (exact) mass is 514 g/mol. The maximum Gasteiger partial charge on any atom is 0.416 e. The molecule has 4 aromatic rings. The molecule has 2 aromatic carbocycles. The van der Waals surface area contributed by atoms with Crippen LogP contribution in [0, 0.1) is 0 Å². The van der Waals surface area contributed by atoms with Crippen molar-refractivity contribution in [2.24, 2.45) is 0 Å². The number of nitrogens with one attached hydrogen (secondary N) is 1. The van der Waals surface area contributed by atoms with Gasteiger partial charge in [-0.2, -0.15) is 13.2 Å². The molecule has 0 atom stereocenters. The van der Waals surface area contributed by atoms with Crippen LogP contribution in [0.4, 0.5) is 13.2 Å². The van der Waals surface area contributed by atoms with Crippen molar-refractivity contribution in [3.05, 3.63) is 118 Å². The van der Waals surface area contributed by atoms with Crippen LogP contribution in [0.5, 0.6) is 0 Å². The first-order valence-electron chi connectivity index (χ1n) is 11.0. The van der Waals surface area contributed by atoms with Gasteiger partial charge in [0.2, 0.25) is 5.89 Å². The van der Waals surface area contributed by atoms with Crippen molar-refractivity contribution in [3.63, 3.8) is 0 Å². The lowest BCUT2D eigenvalue weighted by atomic mass is 10.1. The lowest BCUT2D eigenvalue weighted by molar-refractivity contribution is -0.137. The van der Waals surface area contributed by atoms with Crippen LogP contribution in [-0.2, 0) is 32.4 Å². The molecule has 1 amide bonds. The van der Waals surface area contributed by atoms with E-state index in [0.717, 1.165) is 23.3 Å². The standard InChI is InChI=1S/C26H22ClF3N4O2/c27-22-6-4-19(5-7-22)14-34(15-20-2-1-3-21(12-20)26(28,29)30)16-24-33-23(17-36-24)25(35)32-13-18-8-10-31-11-9-18/h1-12,17H,13-16H2,(H,32,35). The summed E-state index contributed by atoms with van der Waals surface area (Å²) in [6.07, 6.45) is 0.102. The molecule has 1 N–H and O–H groups in total. The molecule has 0 radical (unpaired) electrons. The third kappa shape index (κ3) is 7.16. The minimum atomic E-state index is -4.43. The molecule has 0 spiro atoms. The van der Waals surface area contributed by atoms with Crippen LogP contribution in [0.1, 0.15) is 38.6 Å². The van der Waals surface area contributed by atoms with Crippen LogP contribution in [0.15, 0.2) is 83.7 Å². The molecule has 2 aromatic heterocycles. The maximum absolute atomic E-state index is 13.2. The molecule has 0 saturated carbocycles. The zero-order valence-electron chi connectivity index (χ0n) is 19.0. The Labute approximate surface area is 210 Å². The first-order chi connectivity index (χ1) is 17.3. The van der Waals surface area contributed by atoms with Crippen LogP contribution in [0.3, 0.4) is 0 Å². The summed E-state index contributed by atoms with van der Waals surface area (Å²) in [5.41, 5.74) is 1.69. The highest BCUT2D eigenvalue weighted by molar-refractivity contribution is 6.30. The van der Waals surface area contributed by atoms with Gasteiger partial charge < -0.3 is 9.73 Å². The summed E-state index contributed by atoms with van der Waals surface area (Å²) >= 11 is 5.98. The lowest BCUT2D eigenvalue weighted by Crippen LogP contribution is -2.24. The van der Waals surface area contributed by atoms with Gasteiger partial charge in [0, 0.05) is 37.1 Å². The number of hydrogen-bond acceptors (Lipinski definition) is 5. The summed E-state index contributed by atoms with van der Waals surface area (Å²) in [7, 11) is 0. The van der Waals surface area contributed by atoms with E-state index >= 15 is 0 Å². The van der Waals surface area contributed by atoms with Crippen LogP contribution in [0.25, 0.3) is 0 Å². The number of nitrogens with zero attached hydrogens (tertiary/aromatic N) is 3. The van der Waals surface area contributed by atoms with Crippen molar-refractivity contribution < 1.29 is 22.4 Å². The van der Waals surface area contributed by atoms with Gasteiger partial charge >= 0.3 is 6.18 Å². The molecule has 0 bridgehead atoms. The van der Waals surface area contributed by atoms with E-state index in [9.17, 15) is 18.0 Å². The number of carbonyl (C=O) groups is 1. The summed E-state index contributed by atoms with van der Waals surface area (Å²) in [4.78, 5) is 22.6. The molecule has 6 nitrogen and oxygen atoms in total. The molecule has 2 heterocycles. The quantitative estimate of drug-likeness (QED) is 0.302. The third-order valence-electron chi connectivity index (χ3n) is 5.33. The van der Waals surface area contributed by atoms with Gasteiger partial charge in [0.15, 0.2) is 5.69 Å². The molecule has 0 aliphatic rings. The Hall–Kier alpha value is -3.69. The highest BCUT2D eigenvalue weighted by Crippen LogP contribution is 2.30. The Bertz CT molecular complexity index is 1290. The van der Waals surface area contributed by atoms with E-state index in [4.69, 9.17) is 16.0 Å². The van der Waals surface area contributed by atoms with Crippen molar-refractivity contribution in [1.82, 2.24) is 20.2 Å².